The Morgan fingerprint density at radius 1 is 1.20 bits per heavy atom. The monoisotopic (exact) mass is 407 g/mol. The molecule has 25 heavy (non-hydrogen) atoms. The minimum Gasteiger partial charge on any atom is -0.464 e. The molecule has 0 heterocycles. The van der Waals surface area contributed by atoms with Crippen LogP contribution in [0.1, 0.15) is 11.1 Å². The Kier molecular flexibility index (Phi) is 6.71. The maximum absolute atomic E-state index is 13.4. The highest BCUT2D eigenvalue weighted by Gasteiger charge is 2.15. The SMILES string of the molecule is COC(=O)/C(=C/c1cc(F)ccc1Br)NC(=O)OCc1ccccc1. The topological polar surface area (TPSA) is 64.6 Å². The van der Waals surface area contributed by atoms with Crippen molar-refractivity contribution < 1.29 is 23.5 Å². The molecule has 0 atom stereocenters. The number of carbonyl (C=O) groups excluding carboxylic acids is 2. The molecule has 2 rings (SSSR count). The molecule has 0 unspecified atom stereocenters. The summed E-state index contributed by atoms with van der Waals surface area (Å²) in [7, 11) is 1.17. The molecule has 1 N–H and O–H groups in total. The minimum absolute atomic E-state index is 0.0464. The van der Waals surface area contributed by atoms with Crippen LogP contribution >= 0.6 is 15.9 Å². The lowest BCUT2D eigenvalue weighted by Crippen LogP contribution is -2.28. The first-order chi connectivity index (χ1) is 12.0. The van der Waals surface area contributed by atoms with Crippen LogP contribution in [0.3, 0.4) is 0 Å². The third-order valence-electron chi connectivity index (χ3n) is 3.11. The van der Waals surface area contributed by atoms with Gasteiger partial charge in [0.2, 0.25) is 0 Å². The Bertz CT molecular complexity index is 793. The van der Waals surface area contributed by atoms with E-state index in [0.717, 1.165) is 5.56 Å². The molecule has 0 saturated carbocycles. The van der Waals surface area contributed by atoms with Gasteiger partial charge in [0, 0.05) is 4.47 Å². The molecule has 0 aromatic heterocycles. The van der Waals surface area contributed by atoms with E-state index in [-0.39, 0.29) is 12.3 Å². The van der Waals surface area contributed by atoms with E-state index in [1.165, 1.54) is 31.4 Å². The third kappa shape index (κ3) is 5.72. The molecule has 0 aliphatic heterocycles. The van der Waals surface area contributed by atoms with Gasteiger partial charge in [-0.25, -0.2) is 14.0 Å². The zero-order valence-electron chi connectivity index (χ0n) is 13.3. The molecular formula is C18H15BrFNO4. The molecule has 0 radical (unpaired) electrons. The van der Waals surface area contributed by atoms with Crippen LogP contribution < -0.4 is 5.32 Å². The molecule has 0 bridgehead atoms. The van der Waals surface area contributed by atoms with Crippen molar-refractivity contribution >= 4 is 34.1 Å². The molecule has 0 saturated heterocycles. The van der Waals surface area contributed by atoms with Crippen molar-refractivity contribution in [2.45, 2.75) is 6.61 Å². The van der Waals surface area contributed by atoms with E-state index in [1.54, 1.807) is 12.1 Å². The molecule has 5 nitrogen and oxygen atoms in total. The Hall–Kier alpha value is -2.67. The lowest BCUT2D eigenvalue weighted by Gasteiger charge is -2.10. The number of carbonyl (C=O) groups is 2. The first kappa shape index (κ1) is 18.7. The van der Waals surface area contributed by atoms with Crippen LogP contribution in [0, 0.1) is 5.82 Å². The molecule has 1 amide bonds. The number of nitrogens with one attached hydrogen (secondary N) is 1. The van der Waals surface area contributed by atoms with E-state index >= 15 is 0 Å². The second-order valence-electron chi connectivity index (χ2n) is 4.90. The van der Waals surface area contributed by atoms with Gasteiger partial charge in [0.05, 0.1) is 7.11 Å². The Morgan fingerprint density at radius 3 is 2.60 bits per heavy atom. The number of esters is 1. The second-order valence-corrected chi connectivity index (χ2v) is 5.76. The molecule has 0 fully saturated rings. The Balaban J connectivity index is 2.12. The van der Waals surface area contributed by atoms with Gasteiger partial charge in [-0.3, -0.25) is 5.32 Å². The van der Waals surface area contributed by atoms with Crippen molar-refractivity contribution in [2.24, 2.45) is 0 Å². The lowest BCUT2D eigenvalue weighted by molar-refractivity contribution is -0.136. The minimum atomic E-state index is -0.826. The number of methoxy groups -OCH3 is 1. The zero-order valence-corrected chi connectivity index (χ0v) is 14.9. The molecular weight excluding hydrogens is 393 g/mol. The predicted molar refractivity (Wildman–Crippen MR) is 93.9 cm³/mol. The molecule has 0 aliphatic carbocycles. The van der Waals surface area contributed by atoms with Crippen molar-refractivity contribution in [1.29, 1.82) is 0 Å². The van der Waals surface area contributed by atoms with Crippen LogP contribution in [0.15, 0.2) is 58.7 Å². The largest absolute Gasteiger partial charge is 0.464 e. The van der Waals surface area contributed by atoms with Gasteiger partial charge >= 0.3 is 12.1 Å². The summed E-state index contributed by atoms with van der Waals surface area (Å²) in [4.78, 5) is 23.8. The Labute approximate surface area is 152 Å². The van der Waals surface area contributed by atoms with E-state index in [4.69, 9.17) is 4.74 Å². The maximum Gasteiger partial charge on any atom is 0.412 e. The summed E-state index contributed by atoms with van der Waals surface area (Å²) in [5, 5.41) is 2.32. The first-order valence-electron chi connectivity index (χ1n) is 7.22. The van der Waals surface area contributed by atoms with Gasteiger partial charge < -0.3 is 9.47 Å². The third-order valence-corrected chi connectivity index (χ3v) is 3.83. The van der Waals surface area contributed by atoms with Gasteiger partial charge in [0.25, 0.3) is 0 Å². The number of rotatable bonds is 5. The summed E-state index contributed by atoms with van der Waals surface area (Å²) < 4.78 is 23.6. The smallest absolute Gasteiger partial charge is 0.412 e. The number of halogens is 2. The maximum atomic E-state index is 13.4. The quantitative estimate of drug-likeness (QED) is 0.600. The van der Waals surface area contributed by atoms with E-state index in [2.05, 4.69) is 26.0 Å². The summed E-state index contributed by atoms with van der Waals surface area (Å²) in [5.74, 6) is -1.27. The average molecular weight is 408 g/mol. The van der Waals surface area contributed by atoms with Gasteiger partial charge in [-0.1, -0.05) is 46.3 Å². The fourth-order valence-electron chi connectivity index (χ4n) is 1.91. The van der Waals surface area contributed by atoms with Gasteiger partial charge in [-0.05, 0) is 35.4 Å². The van der Waals surface area contributed by atoms with Gasteiger partial charge in [0.15, 0.2) is 0 Å². The van der Waals surface area contributed by atoms with Gasteiger partial charge in [-0.15, -0.1) is 0 Å². The predicted octanol–water partition coefficient (Wildman–Crippen LogP) is 4.03. The highest BCUT2D eigenvalue weighted by atomic mass is 79.9. The van der Waals surface area contributed by atoms with Crippen LogP contribution in [-0.2, 0) is 20.9 Å². The van der Waals surface area contributed by atoms with Crippen molar-refractivity contribution in [1.82, 2.24) is 5.32 Å². The van der Waals surface area contributed by atoms with Crippen LogP contribution in [0.4, 0.5) is 9.18 Å². The van der Waals surface area contributed by atoms with E-state index in [0.29, 0.717) is 10.0 Å². The van der Waals surface area contributed by atoms with E-state index < -0.39 is 17.9 Å². The first-order valence-corrected chi connectivity index (χ1v) is 8.01. The highest BCUT2D eigenvalue weighted by Crippen LogP contribution is 2.20. The molecule has 2 aromatic rings. The summed E-state index contributed by atoms with van der Waals surface area (Å²) in [6.07, 6.45) is 0.469. The molecule has 0 spiro atoms. The van der Waals surface area contributed by atoms with Crippen LogP contribution in [0.2, 0.25) is 0 Å². The standard InChI is InChI=1S/C18H15BrFNO4/c1-24-17(22)16(10-13-9-14(20)7-8-15(13)19)21-18(23)25-11-12-5-3-2-4-6-12/h2-10H,11H2,1H3,(H,21,23)/b16-10-. The molecule has 0 aliphatic rings. The van der Waals surface area contributed by atoms with Gasteiger partial charge in [0.1, 0.15) is 18.1 Å². The number of benzene rings is 2. The zero-order chi connectivity index (χ0) is 18.2. The van der Waals surface area contributed by atoms with E-state index in [9.17, 15) is 14.0 Å². The van der Waals surface area contributed by atoms with Crippen LogP contribution in [-0.4, -0.2) is 19.2 Å². The molecule has 2 aromatic carbocycles. The molecule has 7 heteroatoms. The number of alkyl carbamates (subject to hydrolysis) is 1. The average Bonchev–Trinajstić information content (AvgIpc) is 2.62. The normalized spacial score (nSPS) is 10.9. The van der Waals surface area contributed by atoms with Gasteiger partial charge in [-0.2, -0.15) is 0 Å². The number of hydrogen-bond acceptors (Lipinski definition) is 4. The fraction of sp³-hybridized carbons (Fsp3) is 0.111. The number of hydrogen-bond donors (Lipinski definition) is 1. The Morgan fingerprint density at radius 2 is 1.92 bits per heavy atom. The van der Waals surface area contributed by atoms with E-state index in [1.807, 2.05) is 18.2 Å². The van der Waals surface area contributed by atoms with Crippen molar-refractivity contribution in [3.63, 3.8) is 0 Å². The van der Waals surface area contributed by atoms with Crippen molar-refractivity contribution in [3.8, 4) is 0 Å². The highest BCUT2D eigenvalue weighted by molar-refractivity contribution is 9.10. The summed E-state index contributed by atoms with van der Waals surface area (Å²) in [6.45, 7) is 0.0464. The number of amides is 1. The van der Waals surface area contributed by atoms with Crippen LogP contribution in [0.25, 0.3) is 6.08 Å². The summed E-state index contributed by atoms with van der Waals surface area (Å²) in [5.41, 5.74) is 0.991. The summed E-state index contributed by atoms with van der Waals surface area (Å²) >= 11 is 3.25. The number of ether oxygens (including phenoxy) is 2. The van der Waals surface area contributed by atoms with Crippen LogP contribution in [0.5, 0.6) is 0 Å². The van der Waals surface area contributed by atoms with Crippen molar-refractivity contribution in [3.05, 3.63) is 75.6 Å². The molecule has 130 valence electrons. The summed E-state index contributed by atoms with van der Waals surface area (Å²) in [6, 6.07) is 13.0. The lowest BCUT2D eigenvalue weighted by atomic mass is 10.2. The van der Waals surface area contributed by atoms with Crippen molar-refractivity contribution in [2.75, 3.05) is 7.11 Å². The second kappa shape index (κ2) is 8.98. The fourth-order valence-corrected chi connectivity index (χ4v) is 2.27.